The maximum atomic E-state index is 10.4. The molecule has 2 N–H and O–H groups in total. The normalized spacial score (nSPS) is 9.83. The molecule has 4 nitrogen and oxygen atoms in total. The first kappa shape index (κ1) is 8.80. The van der Waals surface area contributed by atoms with Crippen LogP contribution in [0.25, 0.3) is 0 Å². The fourth-order valence-corrected chi connectivity index (χ4v) is 0.977. The number of carboxylic acids is 1. The van der Waals surface area contributed by atoms with Gasteiger partial charge >= 0.3 is 5.97 Å². The van der Waals surface area contributed by atoms with Crippen LogP contribution in [0.5, 0.6) is 5.75 Å². The molecule has 0 aliphatic rings. The number of carboxylic acid groups (broad SMARTS) is 1. The van der Waals surface area contributed by atoms with Gasteiger partial charge in [-0.25, -0.2) is 9.78 Å². The lowest BCUT2D eigenvalue weighted by molar-refractivity contribution is 0.0690. The minimum absolute atomic E-state index is 0.0000926. The highest BCUT2D eigenvalue weighted by Gasteiger charge is 2.10. The molecule has 0 saturated heterocycles. The molecule has 0 spiro atoms. The standard InChI is InChI=1S/C7H6ClNO3/c1-3-6(10)4(8)2-5(9-3)7(11)12/h2,10H,1H3,(H,11,12). The number of aromatic carboxylic acids is 1. The van der Waals surface area contributed by atoms with E-state index in [-0.39, 0.29) is 22.2 Å². The Morgan fingerprint density at radius 3 is 2.67 bits per heavy atom. The fraction of sp³-hybridized carbons (Fsp3) is 0.143. The van der Waals surface area contributed by atoms with Gasteiger partial charge in [0.1, 0.15) is 5.69 Å². The van der Waals surface area contributed by atoms with E-state index in [0.717, 1.165) is 6.07 Å². The molecule has 0 aliphatic heterocycles. The molecule has 0 unspecified atom stereocenters. The van der Waals surface area contributed by atoms with Gasteiger partial charge < -0.3 is 10.2 Å². The number of aromatic nitrogens is 1. The second-order valence-corrected chi connectivity index (χ2v) is 2.64. The van der Waals surface area contributed by atoms with Crippen LogP contribution in [0.3, 0.4) is 0 Å². The molecule has 1 aromatic heterocycles. The van der Waals surface area contributed by atoms with Crippen molar-refractivity contribution < 1.29 is 15.0 Å². The van der Waals surface area contributed by atoms with E-state index in [4.69, 9.17) is 21.8 Å². The maximum Gasteiger partial charge on any atom is 0.354 e. The molecule has 0 fully saturated rings. The Morgan fingerprint density at radius 2 is 2.25 bits per heavy atom. The van der Waals surface area contributed by atoms with Gasteiger partial charge in [0.25, 0.3) is 0 Å². The highest BCUT2D eigenvalue weighted by atomic mass is 35.5. The molecule has 0 aromatic carbocycles. The lowest BCUT2D eigenvalue weighted by Gasteiger charge is -2.01. The van der Waals surface area contributed by atoms with Crippen LogP contribution in [0.1, 0.15) is 16.2 Å². The van der Waals surface area contributed by atoms with Gasteiger partial charge in [0.15, 0.2) is 5.75 Å². The number of aryl methyl sites for hydroxylation is 1. The Bertz CT molecular complexity index is 314. The van der Waals surface area contributed by atoms with E-state index >= 15 is 0 Å². The molecule has 1 heterocycles. The van der Waals surface area contributed by atoms with Crippen molar-refractivity contribution >= 4 is 17.6 Å². The molecule has 12 heavy (non-hydrogen) atoms. The Balaban J connectivity index is 3.31. The second kappa shape index (κ2) is 2.98. The molecule has 1 rings (SSSR count). The van der Waals surface area contributed by atoms with Crippen molar-refractivity contribution in [1.82, 2.24) is 4.98 Å². The Kier molecular flexibility index (Phi) is 2.19. The number of halogens is 1. The molecule has 0 amide bonds. The van der Waals surface area contributed by atoms with Crippen molar-refractivity contribution in [2.24, 2.45) is 0 Å². The summed E-state index contributed by atoms with van der Waals surface area (Å²) in [5, 5.41) is 17.6. The van der Waals surface area contributed by atoms with Gasteiger partial charge in [-0.2, -0.15) is 0 Å². The van der Waals surface area contributed by atoms with E-state index in [9.17, 15) is 4.79 Å². The first-order valence-electron chi connectivity index (χ1n) is 3.11. The summed E-state index contributed by atoms with van der Waals surface area (Å²) < 4.78 is 0. The third-order valence-corrected chi connectivity index (χ3v) is 1.63. The van der Waals surface area contributed by atoms with E-state index in [2.05, 4.69) is 4.98 Å². The van der Waals surface area contributed by atoms with Crippen molar-refractivity contribution in [2.75, 3.05) is 0 Å². The van der Waals surface area contributed by atoms with Crippen LogP contribution in [-0.2, 0) is 0 Å². The maximum absolute atomic E-state index is 10.4. The van der Waals surface area contributed by atoms with Gasteiger partial charge in [0, 0.05) is 0 Å². The van der Waals surface area contributed by atoms with Crippen LogP contribution in [0, 0.1) is 6.92 Å². The summed E-state index contributed by atoms with van der Waals surface area (Å²) in [6, 6.07) is 1.10. The number of nitrogens with zero attached hydrogens (tertiary/aromatic N) is 1. The SMILES string of the molecule is Cc1nc(C(=O)O)cc(Cl)c1O. The highest BCUT2D eigenvalue weighted by Crippen LogP contribution is 2.25. The zero-order chi connectivity index (χ0) is 9.30. The third kappa shape index (κ3) is 1.48. The van der Waals surface area contributed by atoms with Gasteiger partial charge in [-0.15, -0.1) is 0 Å². The zero-order valence-electron chi connectivity index (χ0n) is 6.21. The van der Waals surface area contributed by atoms with Gasteiger partial charge in [-0.1, -0.05) is 11.6 Å². The summed E-state index contributed by atoms with van der Waals surface area (Å²) in [5.41, 5.74) is 0.0372. The predicted octanol–water partition coefficient (Wildman–Crippen LogP) is 1.45. The van der Waals surface area contributed by atoms with E-state index in [1.165, 1.54) is 6.92 Å². The van der Waals surface area contributed by atoms with Crippen molar-refractivity contribution in [3.05, 3.63) is 22.5 Å². The monoisotopic (exact) mass is 187 g/mol. The minimum atomic E-state index is -1.17. The lowest BCUT2D eigenvalue weighted by Crippen LogP contribution is -2.01. The number of pyridine rings is 1. The average molecular weight is 188 g/mol. The topological polar surface area (TPSA) is 70.4 Å². The Labute approximate surface area is 73.4 Å². The average Bonchev–Trinajstić information content (AvgIpc) is 1.99. The molecule has 0 aliphatic carbocycles. The van der Waals surface area contributed by atoms with E-state index in [0.29, 0.717) is 0 Å². The van der Waals surface area contributed by atoms with Gasteiger partial charge in [0.05, 0.1) is 10.7 Å². The molecule has 0 bridgehead atoms. The summed E-state index contributed by atoms with van der Waals surface area (Å²) in [6.07, 6.45) is 0. The predicted molar refractivity (Wildman–Crippen MR) is 42.6 cm³/mol. The van der Waals surface area contributed by atoms with E-state index in [1.807, 2.05) is 0 Å². The summed E-state index contributed by atoms with van der Waals surface area (Å²) in [5.74, 6) is -1.35. The van der Waals surface area contributed by atoms with Crippen molar-refractivity contribution in [2.45, 2.75) is 6.92 Å². The third-order valence-electron chi connectivity index (χ3n) is 1.34. The largest absolute Gasteiger partial charge is 0.505 e. The Hall–Kier alpha value is -1.29. The quantitative estimate of drug-likeness (QED) is 0.698. The summed E-state index contributed by atoms with van der Waals surface area (Å²) in [6.45, 7) is 1.48. The van der Waals surface area contributed by atoms with Crippen LogP contribution in [0.2, 0.25) is 5.02 Å². The van der Waals surface area contributed by atoms with Crippen molar-refractivity contribution in [1.29, 1.82) is 0 Å². The highest BCUT2D eigenvalue weighted by molar-refractivity contribution is 6.32. The lowest BCUT2D eigenvalue weighted by atomic mass is 10.3. The number of carbonyl (C=O) groups is 1. The van der Waals surface area contributed by atoms with Gasteiger partial charge in [-0.05, 0) is 13.0 Å². The molecule has 5 heteroatoms. The van der Waals surface area contributed by atoms with Crippen LogP contribution in [-0.4, -0.2) is 21.2 Å². The molecular formula is C7H6ClNO3. The first-order chi connectivity index (χ1) is 5.52. The first-order valence-corrected chi connectivity index (χ1v) is 3.49. The van der Waals surface area contributed by atoms with Crippen molar-refractivity contribution in [3.63, 3.8) is 0 Å². The van der Waals surface area contributed by atoms with E-state index in [1.54, 1.807) is 0 Å². The Morgan fingerprint density at radius 1 is 1.67 bits per heavy atom. The zero-order valence-corrected chi connectivity index (χ0v) is 6.96. The molecule has 0 saturated carbocycles. The van der Waals surface area contributed by atoms with E-state index < -0.39 is 5.97 Å². The minimum Gasteiger partial charge on any atom is -0.505 e. The summed E-state index contributed by atoms with van der Waals surface area (Å²) >= 11 is 5.51. The second-order valence-electron chi connectivity index (χ2n) is 2.23. The molecular weight excluding hydrogens is 182 g/mol. The summed E-state index contributed by atoms with van der Waals surface area (Å²) in [4.78, 5) is 14.0. The van der Waals surface area contributed by atoms with Crippen LogP contribution in [0.15, 0.2) is 6.07 Å². The van der Waals surface area contributed by atoms with Gasteiger partial charge in [-0.3, -0.25) is 0 Å². The van der Waals surface area contributed by atoms with Gasteiger partial charge in [0.2, 0.25) is 0 Å². The number of hydrogen-bond acceptors (Lipinski definition) is 3. The number of aromatic hydroxyl groups is 1. The number of rotatable bonds is 1. The van der Waals surface area contributed by atoms with Crippen molar-refractivity contribution in [3.8, 4) is 5.75 Å². The molecule has 0 radical (unpaired) electrons. The molecule has 64 valence electrons. The molecule has 1 aromatic rings. The summed E-state index contributed by atoms with van der Waals surface area (Å²) in [7, 11) is 0. The number of hydrogen-bond donors (Lipinski definition) is 2. The molecule has 0 atom stereocenters. The van der Waals surface area contributed by atoms with Crippen LogP contribution >= 0.6 is 11.6 Å². The smallest absolute Gasteiger partial charge is 0.354 e. The fourth-order valence-electron chi connectivity index (χ4n) is 0.737. The van der Waals surface area contributed by atoms with Crippen LogP contribution in [0.4, 0.5) is 0 Å². The van der Waals surface area contributed by atoms with Crippen LogP contribution < -0.4 is 0 Å².